The average molecular weight is 415 g/mol. The maximum atomic E-state index is 12.7. The Kier molecular flexibility index (Phi) is 5.55. The van der Waals surface area contributed by atoms with Crippen molar-refractivity contribution in [2.75, 3.05) is 5.75 Å². The number of aryl methyl sites for hydroxylation is 2. The molecule has 0 saturated carbocycles. The van der Waals surface area contributed by atoms with Crippen molar-refractivity contribution < 1.29 is 9.53 Å². The van der Waals surface area contributed by atoms with Crippen LogP contribution < -0.4 is 5.56 Å². The third kappa shape index (κ3) is 4.00. The van der Waals surface area contributed by atoms with Gasteiger partial charge >= 0.3 is 5.97 Å². The number of hydrogen-bond donors (Lipinski definition) is 1. The normalized spacial score (nSPS) is 13.7. The molecule has 2 heterocycles. The number of thioether (sulfide) groups is 1. The number of rotatable bonds is 5. The van der Waals surface area contributed by atoms with Crippen LogP contribution in [0.15, 0.2) is 33.5 Å². The van der Waals surface area contributed by atoms with Crippen molar-refractivity contribution in [3.8, 4) is 11.1 Å². The maximum absolute atomic E-state index is 12.7. The molecule has 146 valence electrons. The van der Waals surface area contributed by atoms with Gasteiger partial charge in [0.1, 0.15) is 4.83 Å². The lowest BCUT2D eigenvalue weighted by Crippen LogP contribution is -2.14. The number of thiophene rings is 1. The molecule has 1 aliphatic rings. The van der Waals surface area contributed by atoms with Crippen molar-refractivity contribution in [1.82, 2.24) is 9.97 Å². The molecule has 0 fully saturated rings. The van der Waals surface area contributed by atoms with Crippen LogP contribution in [0.5, 0.6) is 0 Å². The third-order valence-electron chi connectivity index (χ3n) is 4.78. The second-order valence-corrected chi connectivity index (χ2v) is 9.04. The third-order valence-corrected chi connectivity index (χ3v) is 6.49. The van der Waals surface area contributed by atoms with E-state index in [2.05, 4.69) is 28.2 Å². The van der Waals surface area contributed by atoms with Crippen molar-refractivity contribution in [2.24, 2.45) is 0 Å². The first-order valence-electron chi connectivity index (χ1n) is 9.47. The van der Waals surface area contributed by atoms with Gasteiger partial charge in [0.25, 0.3) is 5.56 Å². The van der Waals surface area contributed by atoms with E-state index in [1.165, 1.54) is 47.1 Å². The van der Waals surface area contributed by atoms with Crippen LogP contribution in [0.3, 0.4) is 0 Å². The Morgan fingerprint density at radius 1 is 1.29 bits per heavy atom. The summed E-state index contributed by atoms with van der Waals surface area (Å²) in [6.45, 7) is 3.62. The van der Waals surface area contributed by atoms with Crippen LogP contribution in [-0.2, 0) is 22.4 Å². The number of fused-ring (bicyclic) bond motifs is 2. The SMILES string of the molecule is CC(C)OC(=O)CSc1nc2scc(-c3ccc4c(c3)CCCC4)c2c(=O)[nH]1. The minimum atomic E-state index is -0.316. The molecular formula is C21H22N2O3S2. The van der Waals surface area contributed by atoms with Gasteiger partial charge in [-0.05, 0) is 56.2 Å². The summed E-state index contributed by atoms with van der Waals surface area (Å²) in [6, 6.07) is 6.52. The Balaban J connectivity index is 1.62. The number of carbonyl (C=O) groups is 1. The summed E-state index contributed by atoms with van der Waals surface area (Å²) in [5.74, 6) is -0.195. The Hall–Kier alpha value is -2.12. The lowest BCUT2D eigenvalue weighted by atomic mass is 9.89. The molecule has 1 aromatic carbocycles. The van der Waals surface area contributed by atoms with Gasteiger partial charge in [0, 0.05) is 10.9 Å². The van der Waals surface area contributed by atoms with Crippen LogP contribution >= 0.6 is 23.1 Å². The van der Waals surface area contributed by atoms with E-state index in [0.29, 0.717) is 15.4 Å². The van der Waals surface area contributed by atoms with Gasteiger partial charge in [-0.15, -0.1) is 11.3 Å². The highest BCUT2D eigenvalue weighted by Crippen LogP contribution is 2.34. The molecule has 28 heavy (non-hydrogen) atoms. The Morgan fingerprint density at radius 3 is 2.86 bits per heavy atom. The molecule has 4 rings (SSSR count). The highest BCUT2D eigenvalue weighted by atomic mass is 32.2. The fraction of sp³-hybridized carbons (Fsp3) is 0.381. The first kappa shape index (κ1) is 19.2. The zero-order chi connectivity index (χ0) is 19.7. The van der Waals surface area contributed by atoms with Crippen LogP contribution in [0.2, 0.25) is 0 Å². The van der Waals surface area contributed by atoms with Gasteiger partial charge in [0.2, 0.25) is 0 Å². The molecule has 5 nitrogen and oxygen atoms in total. The minimum absolute atomic E-state index is 0.121. The molecule has 1 aliphatic carbocycles. The molecular weight excluding hydrogens is 392 g/mol. The predicted octanol–water partition coefficient (Wildman–Crippen LogP) is 4.57. The quantitative estimate of drug-likeness (QED) is 0.376. The van der Waals surface area contributed by atoms with Crippen molar-refractivity contribution >= 4 is 39.3 Å². The number of carbonyl (C=O) groups excluding carboxylic acids is 1. The number of benzene rings is 1. The van der Waals surface area contributed by atoms with E-state index in [9.17, 15) is 9.59 Å². The minimum Gasteiger partial charge on any atom is -0.462 e. The van der Waals surface area contributed by atoms with E-state index >= 15 is 0 Å². The Labute approximate surface area is 171 Å². The number of nitrogens with zero attached hydrogens (tertiary/aromatic N) is 1. The molecule has 0 aliphatic heterocycles. The van der Waals surface area contributed by atoms with Gasteiger partial charge in [-0.1, -0.05) is 30.0 Å². The van der Waals surface area contributed by atoms with Crippen LogP contribution in [-0.4, -0.2) is 27.8 Å². The molecule has 0 atom stereocenters. The second kappa shape index (κ2) is 8.09. The number of aromatic amines is 1. The monoisotopic (exact) mass is 414 g/mol. The number of ether oxygens (including phenoxy) is 1. The first-order chi connectivity index (χ1) is 13.5. The lowest BCUT2D eigenvalue weighted by Gasteiger charge is -2.16. The zero-order valence-corrected chi connectivity index (χ0v) is 17.5. The predicted molar refractivity (Wildman–Crippen MR) is 114 cm³/mol. The molecule has 0 bridgehead atoms. The van der Waals surface area contributed by atoms with Gasteiger partial charge in [-0.2, -0.15) is 0 Å². The molecule has 0 radical (unpaired) electrons. The number of H-pyrrole nitrogens is 1. The standard InChI is InChI=1S/C21H22N2O3S2/c1-12(2)26-17(24)11-28-21-22-19(25)18-16(10-27-20(18)23-21)15-8-7-13-5-3-4-6-14(13)9-15/h7-10,12H,3-6,11H2,1-2H3,(H,22,23,25). The summed E-state index contributed by atoms with van der Waals surface area (Å²) < 4.78 is 5.12. The van der Waals surface area contributed by atoms with E-state index in [0.717, 1.165) is 24.0 Å². The molecule has 0 unspecified atom stereocenters. The van der Waals surface area contributed by atoms with E-state index in [1.54, 1.807) is 0 Å². The summed E-state index contributed by atoms with van der Waals surface area (Å²) in [6.07, 6.45) is 4.57. The Bertz CT molecular complexity index is 1080. The van der Waals surface area contributed by atoms with Crippen LogP contribution in [0.4, 0.5) is 0 Å². The molecule has 7 heteroatoms. The van der Waals surface area contributed by atoms with Crippen molar-refractivity contribution in [1.29, 1.82) is 0 Å². The van der Waals surface area contributed by atoms with Crippen LogP contribution in [0.25, 0.3) is 21.3 Å². The molecule has 0 spiro atoms. The van der Waals surface area contributed by atoms with E-state index in [-0.39, 0.29) is 23.4 Å². The summed E-state index contributed by atoms with van der Waals surface area (Å²) in [4.78, 5) is 32.5. The largest absolute Gasteiger partial charge is 0.462 e. The van der Waals surface area contributed by atoms with E-state index in [1.807, 2.05) is 19.2 Å². The highest BCUT2D eigenvalue weighted by Gasteiger charge is 2.16. The molecule has 1 N–H and O–H groups in total. The van der Waals surface area contributed by atoms with Crippen molar-refractivity contribution in [3.63, 3.8) is 0 Å². The van der Waals surface area contributed by atoms with Crippen LogP contribution in [0, 0.1) is 0 Å². The lowest BCUT2D eigenvalue weighted by molar-refractivity contribution is -0.144. The topological polar surface area (TPSA) is 72.0 Å². The van der Waals surface area contributed by atoms with Gasteiger partial charge in [0.05, 0.1) is 17.2 Å². The molecule has 3 aromatic rings. The summed E-state index contributed by atoms with van der Waals surface area (Å²) in [5.41, 5.74) is 4.65. The highest BCUT2D eigenvalue weighted by molar-refractivity contribution is 7.99. The summed E-state index contributed by atoms with van der Waals surface area (Å²) >= 11 is 2.65. The van der Waals surface area contributed by atoms with Crippen molar-refractivity contribution in [3.05, 3.63) is 45.1 Å². The van der Waals surface area contributed by atoms with Gasteiger partial charge in [0.15, 0.2) is 5.16 Å². The molecule has 2 aromatic heterocycles. The fourth-order valence-electron chi connectivity index (χ4n) is 3.54. The number of aromatic nitrogens is 2. The van der Waals surface area contributed by atoms with Crippen LogP contribution in [0.1, 0.15) is 37.8 Å². The molecule has 0 amide bonds. The van der Waals surface area contributed by atoms with E-state index < -0.39 is 0 Å². The fourth-order valence-corrected chi connectivity index (χ4v) is 5.18. The number of esters is 1. The van der Waals surface area contributed by atoms with Gasteiger partial charge < -0.3 is 9.72 Å². The Morgan fingerprint density at radius 2 is 2.07 bits per heavy atom. The van der Waals surface area contributed by atoms with E-state index in [4.69, 9.17) is 4.74 Å². The van der Waals surface area contributed by atoms with Gasteiger partial charge in [-0.3, -0.25) is 9.59 Å². The second-order valence-electron chi connectivity index (χ2n) is 7.22. The number of hydrogen-bond acceptors (Lipinski definition) is 6. The smallest absolute Gasteiger partial charge is 0.316 e. The van der Waals surface area contributed by atoms with Crippen molar-refractivity contribution in [2.45, 2.75) is 50.8 Å². The summed E-state index contributed by atoms with van der Waals surface area (Å²) in [5, 5.41) is 3.06. The maximum Gasteiger partial charge on any atom is 0.316 e. The average Bonchev–Trinajstić information content (AvgIpc) is 3.10. The first-order valence-corrected chi connectivity index (χ1v) is 11.3. The number of nitrogens with one attached hydrogen (secondary N) is 1. The van der Waals surface area contributed by atoms with Gasteiger partial charge in [-0.25, -0.2) is 4.98 Å². The summed E-state index contributed by atoms with van der Waals surface area (Å²) in [7, 11) is 0. The zero-order valence-electron chi connectivity index (χ0n) is 15.9. The molecule has 0 saturated heterocycles.